The number of nitrogens with zero attached hydrogens (tertiary/aromatic N) is 1. The van der Waals surface area contributed by atoms with Crippen molar-refractivity contribution in [3.8, 4) is 0 Å². The summed E-state index contributed by atoms with van der Waals surface area (Å²) in [5.74, 6) is 0. The first-order valence-electron chi connectivity index (χ1n) is 4.60. The first-order chi connectivity index (χ1) is 6.17. The van der Waals surface area contributed by atoms with Gasteiger partial charge < -0.3 is 15.5 Å². The minimum Gasteiger partial charge on any atom is -0.324 e. The van der Waals surface area contributed by atoms with Crippen molar-refractivity contribution in [2.45, 2.75) is 23.8 Å². The van der Waals surface area contributed by atoms with Crippen LogP contribution in [0.3, 0.4) is 0 Å². The van der Waals surface area contributed by atoms with Crippen LogP contribution in [0.5, 0.6) is 0 Å². The van der Waals surface area contributed by atoms with Crippen LogP contribution in [0.4, 0.5) is 4.79 Å². The predicted molar refractivity (Wildman–Crippen MR) is 53.9 cm³/mol. The molecule has 2 saturated heterocycles. The molecule has 2 N–H and O–H groups in total. The third-order valence-corrected chi connectivity index (χ3v) is 3.82. The van der Waals surface area contributed by atoms with Crippen molar-refractivity contribution in [3.05, 3.63) is 0 Å². The van der Waals surface area contributed by atoms with Gasteiger partial charge in [-0.15, -0.1) is 0 Å². The van der Waals surface area contributed by atoms with E-state index in [0.29, 0.717) is 0 Å². The fourth-order valence-corrected chi connectivity index (χ4v) is 2.74. The molecule has 0 radical (unpaired) electrons. The highest BCUT2D eigenvalue weighted by Gasteiger charge is 2.49. The Bertz CT molecular complexity index is 227. The third kappa shape index (κ3) is 1.21. The van der Waals surface area contributed by atoms with Crippen LogP contribution in [0, 0.1) is 0 Å². The molecule has 0 aromatic carbocycles. The van der Waals surface area contributed by atoms with Gasteiger partial charge in [0.25, 0.3) is 0 Å². The van der Waals surface area contributed by atoms with E-state index in [4.69, 9.17) is 0 Å². The number of carbonyl (C=O) groups is 1. The van der Waals surface area contributed by atoms with Gasteiger partial charge in [-0.2, -0.15) is 12.6 Å². The number of hydrogen-bond acceptors (Lipinski definition) is 3. The van der Waals surface area contributed by atoms with Crippen LogP contribution in [0.2, 0.25) is 0 Å². The minimum absolute atomic E-state index is 0.00176. The molecule has 1 unspecified atom stereocenters. The quantitative estimate of drug-likeness (QED) is 0.484. The Morgan fingerprint density at radius 3 is 2.62 bits per heavy atom. The van der Waals surface area contributed by atoms with E-state index in [2.05, 4.69) is 23.3 Å². The molecule has 74 valence electrons. The monoisotopic (exact) mass is 201 g/mol. The zero-order valence-electron chi connectivity index (χ0n) is 7.71. The molecular weight excluding hydrogens is 186 g/mol. The summed E-state index contributed by atoms with van der Waals surface area (Å²) in [6.07, 6.45) is 1.97. The van der Waals surface area contributed by atoms with Gasteiger partial charge >= 0.3 is 6.03 Å². The Morgan fingerprint density at radius 2 is 2.15 bits per heavy atom. The molecule has 2 aliphatic heterocycles. The summed E-state index contributed by atoms with van der Waals surface area (Å²) in [6, 6.07) is 0.00176. The normalized spacial score (nSPS) is 32.3. The molecule has 2 amide bonds. The first kappa shape index (κ1) is 9.15. The number of urea groups is 1. The number of carbonyl (C=O) groups excluding carboxylic acids is 1. The maximum absolute atomic E-state index is 11.4. The van der Waals surface area contributed by atoms with Crippen molar-refractivity contribution in [3.63, 3.8) is 0 Å². The lowest BCUT2D eigenvalue weighted by Gasteiger charge is -2.40. The summed E-state index contributed by atoms with van der Waals surface area (Å²) in [6.45, 7) is 1.94. The number of rotatable bonds is 0. The summed E-state index contributed by atoms with van der Waals surface area (Å²) >= 11 is 4.44. The Hall–Kier alpha value is -0.420. The molecule has 5 heteroatoms. The van der Waals surface area contributed by atoms with E-state index in [0.717, 1.165) is 25.9 Å². The van der Waals surface area contributed by atoms with Crippen LogP contribution in [-0.2, 0) is 0 Å². The van der Waals surface area contributed by atoms with Crippen LogP contribution < -0.4 is 10.6 Å². The largest absolute Gasteiger partial charge is 0.324 e. The lowest BCUT2D eigenvalue weighted by atomic mass is 9.88. The molecule has 1 spiro atoms. The van der Waals surface area contributed by atoms with E-state index in [9.17, 15) is 4.79 Å². The van der Waals surface area contributed by atoms with Gasteiger partial charge in [-0.05, 0) is 25.9 Å². The first-order valence-corrected chi connectivity index (χ1v) is 5.11. The Labute approximate surface area is 83.5 Å². The van der Waals surface area contributed by atoms with Gasteiger partial charge in [0.15, 0.2) is 0 Å². The molecule has 4 nitrogen and oxygen atoms in total. The van der Waals surface area contributed by atoms with E-state index < -0.39 is 0 Å². The van der Waals surface area contributed by atoms with Crippen molar-refractivity contribution in [2.75, 3.05) is 20.1 Å². The second-order valence-corrected chi connectivity index (χ2v) is 4.28. The van der Waals surface area contributed by atoms with Gasteiger partial charge in [0.1, 0.15) is 0 Å². The van der Waals surface area contributed by atoms with Gasteiger partial charge in [0, 0.05) is 7.05 Å². The van der Waals surface area contributed by atoms with Crippen LogP contribution in [-0.4, -0.2) is 42.0 Å². The lowest BCUT2D eigenvalue weighted by Crippen LogP contribution is -2.54. The van der Waals surface area contributed by atoms with Crippen LogP contribution in [0.1, 0.15) is 12.8 Å². The maximum atomic E-state index is 11.4. The third-order valence-electron chi connectivity index (χ3n) is 3.21. The highest BCUT2D eigenvalue weighted by Crippen LogP contribution is 2.34. The topological polar surface area (TPSA) is 44.4 Å². The van der Waals surface area contributed by atoms with E-state index >= 15 is 0 Å². The van der Waals surface area contributed by atoms with Crippen molar-refractivity contribution >= 4 is 18.7 Å². The van der Waals surface area contributed by atoms with Gasteiger partial charge in [-0.1, -0.05) is 0 Å². The smallest absolute Gasteiger partial charge is 0.318 e. The standard InChI is InChI=1S/C8H15N3OS/c1-11-7(12)10-6(13)8(11)2-4-9-5-3-8/h6,9,13H,2-5H2,1H3,(H,10,12). The lowest BCUT2D eigenvalue weighted by molar-refractivity contribution is 0.142. The van der Waals surface area contributed by atoms with Crippen molar-refractivity contribution in [1.29, 1.82) is 0 Å². The molecule has 2 rings (SSSR count). The van der Waals surface area contributed by atoms with Crippen molar-refractivity contribution in [1.82, 2.24) is 15.5 Å². The summed E-state index contributed by atoms with van der Waals surface area (Å²) < 4.78 is 0. The fraction of sp³-hybridized carbons (Fsp3) is 0.875. The molecule has 0 aliphatic carbocycles. The van der Waals surface area contributed by atoms with E-state index in [1.165, 1.54) is 0 Å². The molecular formula is C8H15N3OS. The number of piperidine rings is 1. The molecule has 0 aromatic rings. The molecule has 0 bridgehead atoms. The van der Waals surface area contributed by atoms with Crippen molar-refractivity contribution in [2.24, 2.45) is 0 Å². The number of nitrogens with one attached hydrogen (secondary N) is 2. The van der Waals surface area contributed by atoms with E-state index in [-0.39, 0.29) is 16.9 Å². The number of likely N-dealkylation sites (N-methyl/N-ethyl adjacent to an activating group) is 1. The van der Waals surface area contributed by atoms with Gasteiger partial charge in [0.05, 0.1) is 10.9 Å². The molecule has 13 heavy (non-hydrogen) atoms. The second-order valence-electron chi connectivity index (χ2n) is 3.76. The molecule has 1 atom stereocenters. The summed E-state index contributed by atoms with van der Waals surface area (Å²) in [4.78, 5) is 13.2. The van der Waals surface area contributed by atoms with Crippen LogP contribution >= 0.6 is 12.6 Å². The van der Waals surface area contributed by atoms with E-state index in [1.54, 1.807) is 0 Å². The molecule has 2 heterocycles. The number of amides is 2. The van der Waals surface area contributed by atoms with Gasteiger partial charge in [-0.3, -0.25) is 0 Å². The zero-order chi connectivity index (χ0) is 9.47. The average molecular weight is 201 g/mol. The Morgan fingerprint density at radius 1 is 1.54 bits per heavy atom. The number of thiol groups is 1. The second kappa shape index (κ2) is 3.06. The Balaban J connectivity index is 2.23. The highest BCUT2D eigenvalue weighted by molar-refractivity contribution is 7.81. The van der Waals surface area contributed by atoms with Crippen molar-refractivity contribution < 1.29 is 4.79 Å². The molecule has 0 saturated carbocycles. The summed E-state index contributed by atoms with van der Waals surface area (Å²) in [5.41, 5.74) is -0.0640. The summed E-state index contributed by atoms with van der Waals surface area (Å²) in [5, 5.41) is 6.12. The zero-order valence-corrected chi connectivity index (χ0v) is 8.60. The molecule has 2 aliphatic rings. The van der Waals surface area contributed by atoms with Gasteiger partial charge in [0.2, 0.25) is 0 Å². The SMILES string of the molecule is CN1C(=O)NC(S)C12CCNCC2. The Kier molecular flexibility index (Phi) is 2.15. The number of hydrogen-bond donors (Lipinski definition) is 3. The fourth-order valence-electron chi connectivity index (χ4n) is 2.20. The summed E-state index contributed by atoms with van der Waals surface area (Å²) in [7, 11) is 1.86. The van der Waals surface area contributed by atoms with Crippen LogP contribution in [0.15, 0.2) is 0 Å². The highest BCUT2D eigenvalue weighted by atomic mass is 32.1. The predicted octanol–water partition coefficient (Wildman–Crippen LogP) is 0.0195. The van der Waals surface area contributed by atoms with E-state index in [1.807, 2.05) is 11.9 Å². The maximum Gasteiger partial charge on any atom is 0.318 e. The minimum atomic E-state index is -0.0640. The van der Waals surface area contributed by atoms with Crippen LogP contribution in [0.25, 0.3) is 0 Å². The molecule has 0 aromatic heterocycles. The molecule has 2 fully saturated rings. The average Bonchev–Trinajstić information content (AvgIpc) is 2.34. The van der Waals surface area contributed by atoms with Gasteiger partial charge in [-0.25, -0.2) is 4.79 Å².